The second-order valence-corrected chi connectivity index (χ2v) is 5.52. The summed E-state index contributed by atoms with van der Waals surface area (Å²) in [4.78, 5) is 37.7. The van der Waals surface area contributed by atoms with Gasteiger partial charge in [0.1, 0.15) is 12.2 Å². The van der Waals surface area contributed by atoms with Crippen LogP contribution in [0.2, 0.25) is 0 Å². The molecule has 3 rings (SSSR count). The van der Waals surface area contributed by atoms with Gasteiger partial charge in [0.2, 0.25) is 5.91 Å². The van der Waals surface area contributed by atoms with Gasteiger partial charge in [0.15, 0.2) is 0 Å². The van der Waals surface area contributed by atoms with Gasteiger partial charge in [-0.3, -0.25) is 14.5 Å². The Hall–Kier alpha value is -3.15. The molecule has 2 N–H and O–H groups in total. The number of carboxylic acid groups (broad SMARTS) is 1. The predicted octanol–water partition coefficient (Wildman–Crippen LogP) is 1.80. The highest BCUT2D eigenvalue weighted by Gasteiger charge is 2.42. The third kappa shape index (κ3) is 2.99. The van der Waals surface area contributed by atoms with Crippen molar-refractivity contribution in [2.45, 2.75) is 18.6 Å². The minimum Gasteiger partial charge on any atom is -0.480 e. The molecular weight excluding hydrogens is 308 g/mol. The Kier molecular flexibility index (Phi) is 4.29. The zero-order valence-electron chi connectivity index (χ0n) is 12.8. The molecule has 0 unspecified atom stereocenters. The molecule has 1 aliphatic rings. The van der Waals surface area contributed by atoms with Gasteiger partial charge < -0.3 is 10.4 Å². The summed E-state index contributed by atoms with van der Waals surface area (Å²) in [7, 11) is 0. The van der Waals surface area contributed by atoms with Gasteiger partial charge in [-0.1, -0.05) is 48.5 Å². The monoisotopic (exact) mass is 324 g/mol. The predicted molar refractivity (Wildman–Crippen MR) is 86.0 cm³/mol. The Morgan fingerprint density at radius 2 is 1.58 bits per heavy atom. The van der Waals surface area contributed by atoms with Gasteiger partial charge in [0.25, 0.3) is 5.91 Å². The highest BCUT2D eigenvalue weighted by molar-refractivity contribution is 5.99. The molecule has 0 spiro atoms. The Labute approximate surface area is 138 Å². The number of benzene rings is 2. The van der Waals surface area contributed by atoms with E-state index in [-0.39, 0.29) is 6.42 Å². The number of carbonyl (C=O) groups excluding carboxylic acids is 2. The second-order valence-electron chi connectivity index (χ2n) is 5.52. The number of carbonyl (C=O) groups is 3. The number of nitrogens with one attached hydrogen (secondary N) is 1. The van der Waals surface area contributed by atoms with Crippen molar-refractivity contribution in [3.8, 4) is 0 Å². The minimum atomic E-state index is -1.21. The van der Waals surface area contributed by atoms with Crippen LogP contribution in [0.1, 0.15) is 28.5 Å². The van der Waals surface area contributed by atoms with Crippen molar-refractivity contribution in [1.29, 1.82) is 0 Å². The molecule has 122 valence electrons. The van der Waals surface area contributed by atoms with E-state index in [9.17, 15) is 19.5 Å². The smallest absolute Gasteiger partial charge is 0.327 e. The van der Waals surface area contributed by atoms with E-state index >= 15 is 0 Å². The summed E-state index contributed by atoms with van der Waals surface area (Å²) in [5.41, 5.74) is 1.03. The van der Waals surface area contributed by atoms with Crippen molar-refractivity contribution in [2.24, 2.45) is 0 Å². The average molecular weight is 324 g/mol. The molecule has 2 atom stereocenters. The molecule has 24 heavy (non-hydrogen) atoms. The number of hydrogen-bond acceptors (Lipinski definition) is 3. The van der Waals surface area contributed by atoms with Crippen molar-refractivity contribution in [3.05, 3.63) is 71.8 Å². The number of nitrogens with zero attached hydrogens (tertiary/aromatic N) is 1. The lowest BCUT2D eigenvalue weighted by molar-refractivity contribution is -0.149. The maximum Gasteiger partial charge on any atom is 0.327 e. The summed E-state index contributed by atoms with van der Waals surface area (Å²) >= 11 is 0. The Bertz CT molecular complexity index is 761. The summed E-state index contributed by atoms with van der Waals surface area (Å²) < 4.78 is 0. The van der Waals surface area contributed by atoms with Crippen LogP contribution >= 0.6 is 0 Å². The first-order valence-corrected chi connectivity index (χ1v) is 7.53. The van der Waals surface area contributed by atoms with E-state index in [1.807, 2.05) is 6.07 Å². The lowest BCUT2D eigenvalue weighted by Gasteiger charge is -2.40. The summed E-state index contributed by atoms with van der Waals surface area (Å²) in [6, 6.07) is 16.1. The summed E-state index contributed by atoms with van der Waals surface area (Å²) in [6.07, 6.45) is -1.08. The fourth-order valence-corrected chi connectivity index (χ4v) is 2.81. The van der Waals surface area contributed by atoms with Crippen LogP contribution in [0.4, 0.5) is 0 Å². The molecule has 1 saturated heterocycles. The maximum absolute atomic E-state index is 12.9. The van der Waals surface area contributed by atoms with Gasteiger partial charge in [-0.2, -0.15) is 0 Å². The van der Waals surface area contributed by atoms with E-state index in [4.69, 9.17) is 0 Å². The van der Waals surface area contributed by atoms with Crippen LogP contribution in [-0.2, 0) is 9.59 Å². The van der Waals surface area contributed by atoms with Crippen LogP contribution in [0.25, 0.3) is 0 Å². The third-order valence-electron chi connectivity index (χ3n) is 3.95. The molecule has 0 aliphatic carbocycles. The third-order valence-corrected chi connectivity index (χ3v) is 3.95. The first-order chi connectivity index (χ1) is 11.6. The van der Waals surface area contributed by atoms with Gasteiger partial charge in [0, 0.05) is 5.56 Å². The van der Waals surface area contributed by atoms with Crippen molar-refractivity contribution in [1.82, 2.24) is 10.2 Å². The summed E-state index contributed by atoms with van der Waals surface area (Å²) in [5, 5.41) is 12.2. The van der Waals surface area contributed by atoms with Gasteiger partial charge in [-0.15, -0.1) is 0 Å². The number of amides is 2. The normalized spacial score (nSPS) is 20.3. The molecule has 0 radical (unpaired) electrons. The van der Waals surface area contributed by atoms with Gasteiger partial charge in [-0.25, -0.2) is 4.79 Å². The zero-order valence-corrected chi connectivity index (χ0v) is 12.8. The van der Waals surface area contributed by atoms with Crippen LogP contribution in [0.5, 0.6) is 0 Å². The molecule has 6 nitrogen and oxygen atoms in total. The quantitative estimate of drug-likeness (QED) is 0.901. The van der Waals surface area contributed by atoms with E-state index < -0.39 is 30.0 Å². The van der Waals surface area contributed by atoms with Crippen LogP contribution in [0.3, 0.4) is 0 Å². The lowest BCUT2D eigenvalue weighted by Crippen LogP contribution is -2.58. The molecule has 2 aromatic rings. The lowest BCUT2D eigenvalue weighted by atomic mass is 10.0. The number of rotatable bonds is 3. The van der Waals surface area contributed by atoms with Crippen LogP contribution in [0, 0.1) is 0 Å². The molecule has 0 bridgehead atoms. The number of hydrogen-bond donors (Lipinski definition) is 2. The van der Waals surface area contributed by atoms with Crippen molar-refractivity contribution < 1.29 is 19.5 Å². The molecular formula is C18H16N2O4. The maximum atomic E-state index is 12.9. The van der Waals surface area contributed by atoms with E-state index in [2.05, 4.69) is 5.32 Å². The van der Waals surface area contributed by atoms with Gasteiger partial charge in [-0.05, 0) is 17.7 Å². The summed E-state index contributed by atoms with van der Waals surface area (Å²) in [6.45, 7) is 0. The Morgan fingerprint density at radius 3 is 2.17 bits per heavy atom. The van der Waals surface area contributed by atoms with Gasteiger partial charge in [0.05, 0.1) is 6.42 Å². The van der Waals surface area contributed by atoms with Crippen LogP contribution in [0.15, 0.2) is 60.7 Å². The first-order valence-electron chi connectivity index (χ1n) is 7.53. The second kappa shape index (κ2) is 6.54. The van der Waals surface area contributed by atoms with E-state index in [1.54, 1.807) is 54.6 Å². The highest BCUT2D eigenvalue weighted by atomic mass is 16.4. The number of carboxylic acids is 1. The van der Waals surface area contributed by atoms with Crippen molar-refractivity contribution in [2.75, 3.05) is 0 Å². The SMILES string of the molecule is O=C1C[C@@H](C(=O)O)N(C(=O)c2ccccc2)[C@@H](c2ccccc2)N1. The molecule has 0 aromatic heterocycles. The average Bonchev–Trinajstić information content (AvgIpc) is 2.62. The van der Waals surface area contributed by atoms with E-state index in [0.717, 1.165) is 0 Å². The topological polar surface area (TPSA) is 86.7 Å². The first kappa shape index (κ1) is 15.7. The van der Waals surface area contributed by atoms with Crippen LogP contribution < -0.4 is 5.32 Å². The molecule has 1 fully saturated rings. The van der Waals surface area contributed by atoms with E-state index in [1.165, 1.54) is 4.90 Å². The molecule has 2 aromatic carbocycles. The molecule has 1 aliphatic heterocycles. The largest absolute Gasteiger partial charge is 0.480 e. The van der Waals surface area contributed by atoms with E-state index in [0.29, 0.717) is 11.1 Å². The molecule has 6 heteroatoms. The molecule has 2 amide bonds. The Morgan fingerprint density at radius 1 is 1.00 bits per heavy atom. The number of aliphatic carboxylic acids is 1. The molecule has 1 heterocycles. The zero-order chi connectivity index (χ0) is 17.1. The molecule has 0 saturated carbocycles. The fraction of sp³-hybridized carbons (Fsp3) is 0.167. The standard InChI is InChI=1S/C18H16N2O4/c21-15-11-14(18(23)24)20(17(22)13-9-5-2-6-10-13)16(19-15)12-7-3-1-4-8-12/h1-10,14,16H,11H2,(H,19,21)(H,23,24)/t14-,16-/m0/s1. The van der Waals surface area contributed by atoms with Gasteiger partial charge >= 0.3 is 5.97 Å². The van der Waals surface area contributed by atoms with Crippen molar-refractivity contribution in [3.63, 3.8) is 0 Å². The minimum absolute atomic E-state index is 0.267. The van der Waals surface area contributed by atoms with Crippen molar-refractivity contribution >= 4 is 17.8 Å². The van der Waals surface area contributed by atoms with Crippen LogP contribution in [-0.4, -0.2) is 33.8 Å². The highest BCUT2D eigenvalue weighted by Crippen LogP contribution is 2.28. The fourth-order valence-electron chi connectivity index (χ4n) is 2.81. The Balaban J connectivity index is 2.05. The summed E-state index contributed by atoms with van der Waals surface area (Å²) in [5.74, 6) is -2.03.